The summed E-state index contributed by atoms with van der Waals surface area (Å²) in [5, 5.41) is 36.6. The van der Waals surface area contributed by atoms with Crippen molar-refractivity contribution in [3.8, 4) is 11.5 Å². The van der Waals surface area contributed by atoms with E-state index in [1.165, 1.54) is 11.1 Å². The van der Waals surface area contributed by atoms with Gasteiger partial charge in [-0.1, -0.05) is 18.2 Å². The summed E-state index contributed by atoms with van der Waals surface area (Å²) in [5.41, 5.74) is -0.537. The zero-order chi connectivity index (χ0) is 16.0. The van der Waals surface area contributed by atoms with Gasteiger partial charge < -0.3 is 20.1 Å². The van der Waals surface area contributed by atoms with Crippen molar-refractivity contribution in [2.75, 3.05) is 6.54 Å². The highest BCUT2D eigenvalue weighted by atomic mass is 16.5. The van der Waals surface area contributed by atoms with Crippen LogP contribution in [0.1, 0.15) is 17.5 Å². The first-order valence-electron chi connectivity index (χ1n) is 7.74. The first-order chi connectivity index (χ1) is 11.0. The highest BCUT2D eigenvalue weighted by molar-refractivity contribution is 5.63. The molecule has 7 heteroatoms. The number of aliphatic hydroxyl groups is 2. The summed E-state index contributed by atoms with van der Waals surface area (Å²) in [6, 6.07) is 2.85. The van der Waals surface area contributed by atoms with E-state index in [1.807, 2.05) is 0 Å². The van der Waals surface area contributed by atoms with Gasteiger partial charge in [0.15, 0.2) is 11.5 Å². The maximum atomic E-state index is 11.5. The van der Waals surface area contributed by atoms with Gasteiger partial charge in [-0.25, -0.2) is 0 Å². The summed E-state index contributed by atoms with van der Waals surface area (Å²) in [5.74, 6) is 0.358. The number of ether oxygens (including phenoxy) is 1. The second kappa shape index (κ2) is 3.85. The number of nitrogens with zero attached hydrogens (tertiary/aromatic N) is 2. The van der Waals surface area contributed by atoms with Crippen LogP contribution >= 0.6 is 0 Å². The molecular weight excluding hydrogens is 300 g/mol. The van der Waals surface area contributed by atoms with Crippen molar-refractivity contribution in [2.24, 2.45) is 5.29 Å². The number of phenols is 1. The summed E-state index contributed by atoms with van der Waals surface area (Å²) in [4.78, 5) is 11.2. The molecular formula is C16H16N2O5. The molecule has 23 heavy (non-hydrogen) atoms. The van der Waals surface area contributed by atoms with E-state index in [2.05, 4.69) is 5.29 Å². The molecule has 5 atom stereocenters. The first-order valence-corrected chi connectivity index (χ1v) is 7.74. The Morgan fingerprint density at radius 2 is 2.22 bits per heavy atom. The Hall–Kier alpha value is -2.12. The molecule has 4 aliphatic rings. The molecule has 1 aromatic carbocycles. The number of rotatable bonds is 1. The highest BCUT2D eigenvalue weighted by Crippen LogP contribution is 2.63. The van der Waals surface area contributed by atoms with Crippen molar-refractivity contribution < 1.29 is 20.1 Å². The number of piperidine rings is 1. The average Bonchev–Trinajstić information content (AvgIpc) is 2.89. The fourth-order valence-electron chi connectivity index (χ4n) is 5.16. The Labute approximate surface area is 131 Å². The van der Waals surface area contributed by atoms with E-state index in [-0.39, 0.29) is 5.75 Å². The van der Waals surface area contributed by atoms with E-state index in [4.69, 9.17) is 4.74 Å². The van der Waals surface area contributed by atoms with E-state index in [0.717, 1.165) is 11.1 Å². The Balaban J connectivity index is 1.87. The van der Waals surface area contributed by atoms with Crippen molar-refractivity contribution >= 4 is 0 Å². The molecule has 0 unspecified atom stereocenters. The maximum absolute atomic E-state index is 11.5. The molecule has 5 rings (SSSR count). The van der Waals surface area contributed by atoms with Crippen molar-refractivity contribution in [1.29, 1.82) is 0 Å². The average molecular weight is 316 g/mol. The van der Waals surface area contributed by atoms with Gasteiger partial charge in [0.2, 0.25) is 0 Å². The van der Waals surface area contributed by atoms with Gasteiger partial charge >= 0.3 is 0 Å². The van der Waals surface area contributed by atoms with Gasteiger partial charge in [0.05, 0.1) is 16.7 Å². The van der Waals surface area contributed by atoms with E-state index in [9.17, 15) is 20.2 Å². The van der Waals surface area contributed by atoms with Crippen LogP contribution in [0.4, 0.5) is 0 Å². The lowest BCUT2D eigenvalue weighted by atomic mass is 9.51. The fourth-order valence-corrected chi connectivity index (χ4v) is 5.16. The molecule has 2 aliphatic carbocycles. The summed E-state index contributed by atoms with van der Waals surface area (Å²) in [6.07, 6.45) is 2.38. The predicted molar refractivity (Wildman–Crippen MR) is 78.9 cm³/mol. The molecule has 1 fully saturated rings. The Morgan fingerprint density at radius 3 is 3.00 bits per heavy atom. The highest BCUT2D eigenvalue weighted by Gasteiger charge is 2.72. The third-order valence-corrected chi connectivity index (χ3v) is 6.09. The molecule has 0 saturated carbocycles. The van der Waals surface area contributed by atoms with Crippen molar-refractivity contribution in [3.05, 3.63) is 40.3 Å². The lowest BCUT2D eigenvalue weighted by Gasteiger charge is -2.60. The molecule has 1 saturated heterocycles. The topological polar surface area (TPSA) is 103 Å². The predicted octanol–water partition coefficient (Wildman–Crippen LogP) is 0.365. The fraction of sp³-hybridized carbons (Fsp3) is 0.500. The lowest BCUT2D eigenvalue weighted by Crippen LogP contribution is -2.74. The van der Waals surface area contributed by atoms with Crippen molar-refractivity contribution in [2.45, 2.75) is 42.1 Å². The van der Waals surface area contributed by atoms with E-state index < -0.39 is 29.3 Å². The molecule has 2 aliphatic heterocycles. The van der Waals surface area contributed by atoms with Crippen LogP contribution in [-0.2, 0) is 11.8 Å². The van der Waals surface area contributed by atoms with Gasteiger partial charge in [-0.05, 0) is 24.5 Å². The number of hydrogen-bond acceptors (Lipinski definition) is 6. The van der Waals surface area contributed by atoms with Crippen molar-refractivity contribution in [3.63, 3.8) is 0 Å². The number of aromatic hydroxyl groups is 1. The minimum atomic E-state index is -1.37. The second-order valence-electron chi connectivity index (χ2n) is 6.85. The van der Waals surface area contributed by atoms with Gasteiger partial charge in [0.1, 0.15) is 17.8 Å². The second-order valence-corrected chi connectivity index (χ2v) is 6.85. The monoisotopic (exact) mass is 316 g/mol. The zero-order valence-corrected chi connectivity index (χ0v) is 12.2. The van der Waals surface area contributed by atoms with Crippen LogP contribution in [0, 0.1) is 4.91 Å². The summed E-state index contributed by atoms with van der Waals surface area (Å²) in [7, 11) is 0. The molecule has 1 spiro atoms. The third-order valence-electron chi connectivity index (χ3n) is 6.09. The van der Waals surface area contributed by atoms with Gasteiger partial charge in [-0.2, -0.15) is 0 Å². The number of nitroso groups, excluding NO2 is 1. The van der Waals surface area contributed by atoms with Crippen LogP contribution in [0.3, 0.4) is 0 Å². The van der Waals surface area contributed by atoms with Gasteiger partial charge in [-0.15, -0.1) is 4.91 Å². The standard InChI is InChI=1S/C16H16N2O5/c19-9-2-1-8-7-11-16(21)4-3-10(20)14-15(16,5-6-18(11)17-22)12(8)13(9)23-14/h1-4,10-11,14,19-21H,5-7H2/t10-,11+,14-,15-,16+/m0/s1. The summed E-state index contributed by atoms with van der Waals surface area (Å²) in [6.45, 7) is 0.380. The SMILES string of the molecule is O=NN1CC[C@]23c4c5ccc(O)c4O[C@H]2[C@@H](O)C=C[C@@]3(O)[C@H]1C5. The van der Waals surface area contributed by atoms with Gasteiger partial charge in [0.25, 0.3) is 0 Å². The van der Waals surface area contributed by atoms with E-state index in [1.54, 1.807) is 18.2 Å². The molecule has 1 aromatic rings. The van der Waals surface area contributed by atoms with Gasteiger partial charge in [0, 0.05) is 12.1 Å². The molecule has 120 valence electrons. The van der Waals surface area contributed by atoms with E-state index >= 15 is 0 Å². The minimum Gasteiger partial charge on any atom is -0.504 e. The third kappa shape index (κ3) is 1.23. The largest absolute Gasteiger partial charge is 0.504 e. The van der Waals surface area contributed by atoms with Crippen LogP contribution in [0.15, 0.2) is 29.6 Å². The van der Waals surface area contributed by atoms with E-state index in [0.29, 0.717) is 25.1 Å². The van der Waals surface area contributed by atoms with Crippen LogP contribution in [0.2, 0.25) is 0 Å². The minimum absolute atomic E-state index is 0.0106. The molecule has 2 bridgehead atoms. The van der Waals surface area contributed by atoms with Crippen LogP contribution in [0.25, 0.3) is 0 Å². The normalized spacial score (nSPS) is 42.2. The first kappa shape index (κ1) is 13.3. The molecule has 3 N–H and O–H groups in total. The van der Waals surface area contributed by atoms with Crippen LogP contribution < -0.4 is 4.74 Å². The molecule has 2 heterocycles. The number of benzene rings is 1. The zero-order valence-electron chi connectivity index (χ0n) is 12.2. The molecule has 0 amide bonds. The Kier molecular flexibility index (Phi) is 2.23. The lowest BCUT2D eigenvalue weighted by molar-refractivity contribution is -0.156. The van der Waals surface area contributed by atoms with Crippen LogP contribution in [-0.4, -0.2) is 50.7 Å². The number of phenolic OH excluding ortho intramolecular Hbond substituents is 1. The Bertz CT molecular complexity index is 765. The number of aliphatic hydroxyl groups excluding tert-OH is 1. The summed E-state index contributed by atoms with van der Waals surface area (Å²) < 4.78 is 5.92. The van der Waals surface area contributed by atoms with Gasteiger partial charge in [-0.3, -0.25) is 5.01 Å². The summed E-state index contributed by atoms with van der Waals surface area (Å²) >= 11 is 0. The molecule has 0 radical (unpaired) electrons. The quantitative estimate of drug-likeness (QED) is 0.511. The van der Waals surface area contributed by atoms with Crippen LogP contribution in [0.5, 0.6) is 11.5 Å². The molecule has 0 aromatic heterocycles. The Morgan fingerprint density at radius 1 is 1.39 bits per heavy atom. The smallest absolute Gasteiger partial charge is 0.165 e. The maximum Gasteiger partial charge on any atom is 0.165 e. The van der Waals surface area contributed by atoms with Crippen molar-refractivity contribution in [1.82, 2.24) is 5.01 Å². The number of hydrogen-bond donors (Lipinski definition) is 3. The molecule has 7 nitrogen and oxygen atoms in total.